The van der Waals surface area contributed by atoms with Crippen LogP contribution in [0.2, 0.25) is 0 Å². The molecule has 1 fully saturated rings. The number of para-hydroxylation sites is 1. The van der Waals surface area contributed by atoms with Crippen molar-refractivity contribution in [2.75, 3.05) is 7.11 Å². The van der Waals surface area contributed by atoms with Crippen LogP contribution < -0.4 is 10.5 Å². The van der Waals surface area contributed by atoms with Gasteiger partial charge in [0, 0.05) is 11.1 Å². The molecule has 6 heteroatoms. The molecule has 146 valence electrons. The Morgan fingerprint density at radius 3 is 2.46 bits per heavy atom. The van der Waals surface area contributed by atoms with Crippen LogP contribution in [0.3, 0.4) is 0 Å². The van der Waals surface area contributed by atoms with Crippen molar-refractivity contribution in [3.05, 3.63) is 77.4 Å². The number of benzene rings is 2. The lowest BCUT2D eigenvalue weighted by Crippen LogP contribution is -2.34. The average Bonchev–Trinajstić information content (AvgIpc) is 3.37. The number of nitrogens with two attached hydrogens (primary N) is 1. The first-order chi connectivity index (χ1) is 13.2. The van der Waals surface area contributed by atoms with Crippen LogP contribution in [0, 0.1) is 0 Å². The van der Waals surface area contributed by atoms with E-state index in [0.29, 0.717) is 11.7 Å². The monoisotopic (exact) mass is 397 g/mol. The molecule has 1 aliphatic carbocycles. The zero-order valence-electron chi connectivity index (χ0n) is 15.8. The highest BCUT2D eigenvalue weighted by molar-refractivity contribution is 5.89. The number of halogens is 1. The summed E-state index contributed by atoms with van der Waals surface area (Å²) in [6, 6.07) is 17.9. The fourth-order valence-corrected chi connectivity index (χ4v) is 3.59. The van der Waals surface area contributed by atoms with Gasteiger partial charge in [-0.25, -0.2) is 0 Å². The normalized spacial score (nSPS) is 15.9. The van der Waals surface area contributed by atoms with Gasteiger partial charge in [-0.05, 0) is 30.5 Å². The van der Waals surface area contributed by atoms with Crippen LogP contribution in [0.5, 0.6) is 5.75 Å². The molecule has 1 aliphatic rings. The Balaban J connectivity index is 0.00000225. The highest BCUT2D eigenvalue weighted by atomic mass is 35.5. The van der Waals surface area contributed by atoms with Gasteiger partial charge < -0.3 is 15.0 Å². The third kappa shape index (κ3) is 3.96. The molecule has 0 bridgehead atoms. The molecule has 4 rings (SSSR count). The van der Waals surface area contributed by atoms with Gasteiger partial charge in [0.05, 0.1) is 12.6 Å². The minimum atomic E-state index is -0.478. The van der Waals surface area contributed by atoms with Crippen molar-refractivity contribution in [2.24, 2.45) is 5.73 Å². The summed E-state index contributed by atoms with van der Waals surface area (Å²) < 4.78 is 11.1. The van der Waals surface area contributed by atoms with Gasteiger partial charge in [-0.1, -0.05) is 66.5 Å². The van der Waals surface area contributed by atoms with Crippen molar-refractivity contribution in [1.82, 2.24) is 10.1 Å². The summed E-state index contributed by atoms with van der Waals surface area (Å²) in [4.78, 5) is 4.68. The van der Waals surface area contributed by atoms with Crippen LogP contribution in [0.1, 0.15) is 48.5 Å². The van der Waals surface area contributed by atoms with Gasteiger partial charge in [-0.15, -0.1) is 12.4 Å². The minimum Gasteiger partial charge on any atom is -0.496 e. The second-order valence-corrected chi connectivity index (χ2v) is 6.95. The van der Waals surface area contributed by atoms with E-state index in [1.165, 1.54) is 0 Å². The molecule has 2 N–H and O–H groups in total. The van der Waals surface area contributed by atoms with Gasteiger partial charge in [0.2, 0.25) is 0 Å². The van der Waals surface area contributed by atoms with Gasteiger partial charge in [0.15, 0.2) is 5.82 Å². The van der Waals surface area contributed by atoms with Gasteiger partial charge >= 0.3 is 0 Å². The summed E-state index contributed by atoms with van der Waals surface area (Å²) in [5.41, 5.74) is 8.82. The van der Waals surface area contributed by atoms with Crippen LogP contribution in [-0.4, -0.2) is 17.3 Å². The summed E-state index contributed by atoms with van der Waals surface area (Å²) in [5.74, 6) is 1.85. The minimum absolute atomic E-state index is 0. The number of hydrogen-bond acceptors (Lipinski definition) is 5. The van der Waals surface area contributed by atoms with Gasteiger partial charge in [0.25, 0.3) is 5.89 Å². The van der Waals surface area contributed by atoms with E-state index in [-0.39, 0.29) is 12.4 Å². The first-order valence-electron chi connectivity index (χ1n) is 9.23. The Kier molecular flexibility index (Phi) is 6.17. The number of rotatable bonds is 5. The highest BCUT2D eigenvalue weighted by Gasteiger charge is 2.36. The highest BCUT2D eigenvalue weighted by Crippen LogP contribution is 2.36. The Morgan fingerprint density at radius 2 is 1.75 bits per heavy atom. The predicted octanol–water partition coefficient (Wildman–Crippen LogP) is 4.82. The fraction of sp³-hybridized carbons (Fsp3) is 0.273. The summed E-state index contributed by atoms with van der Waals surface area (Å²) >= 11 is 0. The van der Waals surface area contributed by atoms with Crippen LogP contribution in [0.4, 0.5) is 0 Å². The molecule has 5 nitrogen and oxygen atoms in total. The largest absolute Gasteiger partial charge is 0.496 e. The summed E-state index contributed by atoms with van der Waals surface area (Å²) in [5, 5.41) is 4.22. The SMILES string of the molecule is COc1ccccc1/C=C(\c1ccccc1)c1nc(C2(N)CCCC2)no1.Cl. The molecule has 0 unspecified atom stereocenters. The quantitative estimate of drug-likeness (QED) is 0.625. The van der Waals surface area contributed by atoms with Crippen molar-refractivity contribution in [2.45, 2.75) is 31.2 Å². The molecule has 3 aromatic rings. The smallest absolute Gasteiger partial charge is 0.258 e. The van der Waals surface area contributed by atoms with E-state index in [9.17, 15) is 0 Å². The molecule has 0 radical (unpaired) electrons. The summed E-state index contributed by atoms with van der Waals surface area (Å²) in [6.45, 7) is 0. The van der Waals surface area contributed by atoms with Crippen molar-refractivity contribution < 1.29 is 9.26 Å². The maximum atomic E-state index is 6.51. The number of aromatic nitrogens is 2. The zero-order valence-corrected chi connectivity index (χ0v) is 16.6. The van der Waals surface area contributed by atoms with Crippen molar-refractivity contribution >= 4 is 24.1 Å². The first kappa shape index (κ1) is 20.1. The van der Waals surface area contributed by atoms with Crippen LogP contribution in [0.25, 0.3) is 11.6 Å². The Morgan fingerprint density at radius 1 is 1.07 bits per heavy atom. The lowest BCUT2D eigenvalue weighted by molar-refractivity contribution is 0.363. The molecule has 1 saturated carbocycles. The number of nitrogens with zero attached hydrogens (tertiary/aromatic N) is 2. The van der Waals surface area contributed by atoms with Gasteiger partial charge in [-0.3, -0.25) is 0 Å². The second kappa shape index (κ2) is 8.59. The Hall–Kier alpha value is -2.63. The molecular weight excluding hydrogens is 374 g/mol. The molecule has 28 heavy (non-hydrogen) atoms. The molecule has 0 spiro atoms. The van der Waals surface area contributed by atoms with Gasteiger partial charge in [-0.2, -0.15) is 4.98 Å². The molecule has 0 atom stereocenters. The second-order valence-electron chi connectivity index (χ2n) is 6.95. The zero-order chi connectivity index (χ0) is 18.7. The lowest BCUT2D eigenvalue weighted by Gasteiger charge is -2.17. The van der Waals surface area contributed by atoms with Crippen LogP contribution in [0.15, 0.2) is 59.1 Å². The summed E-state index contributed by atoms with van der Waals surface area (Å²) in [7, 11) is 1.66. The standard InChI is InChI=1S/C22H23N3O2.ClH/c1-26-19-12-6-5-11-17(19)15-18(16-9-3-2-4-10-16)20-24-21(25-27-20)22(23)13-7-8-14-22;/h2-6,9-12,15H,7-8,13-14,23H2,1H3;1H/b18-15+;. The molecular formula is C22H24ClN3O2. The maximum absolute atomic E-state index is 6.51. The first-order valence-corrected chi connectivity index (χ1v) is 9.23. The lowest BCUT2D eigenvalue weighted by atomic mass is 9.98. The van der Waals surface area contributed by atoms with E-state index in [2.05, 4.69) is 10.1 Å². The van der Waals surface area contributed by atoms with E-state index < -0.39 is 5.54 Å². The van der Waals surface area contributed by atoms with Crippen molar-refractivity contribution in [3.8, 4) is 5.75 Å². The van der Waals surface area contributed by atoms with Crippen LogP contribution >= 0.6 is 12.4 Å². The molecule has 0 saturated heterocycles. The van der Waals surface area contributed by atoms with Crippen LogP contribution in [-0.2, 0) is 5.54 Å². The van der Waals surface area contributed by atoms with E-state index in [1.54, 1.807) is 7.11 Å². The molecule has 0 amide bonds. The van der Waals surface area contributed by atoms with E-state index >= 15 is 0 Å². The Bertz CT molecular complexity index is 947. The third-order valence-corrected chi connectivity index (χ3v) is 5.12. The van der Waals surface area contributed by atoms with Crippen molar-refractivity contribution in [3.63, 3.8) is 0 Å². The number of ether oxygens (including phenoxy) is 1. The maximum Gasteiger partial charge on any atom is 0.258 e. The fourth-order valence-electron chi connectivity index (χ4n) is 3.59. The van der Waals surface area contributed by atoms with E-state index in [0.717, 1.165) is 48.1 Å². The molecule has 0 aliphatic heterocycles. The summed E-state index contributed by atoms with van der Waals surface area (Å²) in [6.07, 6.45) is 6.00. The van der Waals surface area contributed by atoms with E-state index in [1.807, 2.05) is 60.7 Å². The Labute approximate surface area is 171 Å². The molecule has 1 aromatic heterocycles. The third-order valence-electron chi connectivity index (χ3n) is 5.12. The van der Waals surface area contributed by atoms with Crippen molar-refractivity contribution in [1.29, 1.82) is 0 Å². The van der Waals surface area contributed by atoms with Gasteiger partial charge in [0.1, 0.15) is 5.75 Å². The topological polar surface area (TPSA) is 74.2 Å². The number of hydrogen-bond donors (Lipinski definition) is 1. The number of methoxy groups -OCH3 is 1. The molecule has 2 aromatic carbocycles. The average molecular weight is 398 g/mol. The molecule has 1 heterocycles. The predicted molar refractivity (Wildman–Crippen MR) is 112 cm³/mol. The van der Waals surface area contributed by atoms with E-state index in [4.69, 9.17) is 15.0 Å².